The van der Waals surface area contributed by atoms with Gasteiger partial charge in [0.05, 0.1) is 5.69 Å². The summed E-state index contributed by atoms with van der Waals surface area (Å²) in [4.78, 5) is 12.6. The Labute approximate surface area is 162 Å². The smallest absolute Gasteiger partial charge is 0.363 e. The molecule has 8 nitrogen and oxygen atoms in total. The molecule has 148 valence electrons. The zero-order chi connectivity index (χ0) is 19.9. The molecule has 0 atom stereocenters. The highest BCUT2D eigenvalue weighted by Crippen LogP contribution is 2.33. The van der Waals surface area contributed by atoms with Gasteiger partial charge in [0.15, 0.2) is 16.3 Å². The molecule has 0 amide bonds. The van der Waals surface area contributed by atoms with Crippen molar-refractivity contribution in [3.8, 4) is 0 Å². The fourth-order valence-corrected chi connectivity index (χ4v) is 5.11. The first kappa shape index (κ1) is 18.5. The van der Waals surface area contributed by atoms with Crippen LogP contribution in [0.25, 0.3) is 11.0 Å². The molecule has 1 fully saturated rings. The van der Waals surface area contributed by atoms with E-state index < -0.39 is 15.6 Å². The molecule has 0 unspecified atom stereocenters. The minimum atomic E-state index is -4.08. The fourth-order valence-electron chi connectivity index (χ4n) is 3.71. The maximum Gasteiger partial charge on any atom is 0.363 e. The SMILES string of the molecule is Cc1noc(C)c1S(=O)(=O)Nc1c(NC2CCCC2)c2ccccc2oc1=O. The van der Waals surface area contributed by atoms with Crippen molar-refractivity contribution in [1.82, 2.24) is 5.16 Å². The van der Waals surface area contributed by atoms with E-state index in [0.29, 0.717) is 16.7 Å². The van der Waals surface area contributed by atoms with Crippen molar-refractivity contribution in [3.05, 3.63) is 46.1 Å². The summed E-state index contributed by atoms with van der Waals surface area (Å²) in [6, 6.07) is 7.23. The number of hydrogen-bond acceptors (Lipinski definition) is 7. The zero-order valence-corrected chi connectivity index (χ0v) is 16.4. The van der Waals surface area contributed by atoms with Crippen LogP contribution in [0, 0.1) is 13.8 Å². The summed E-state index contributed by atoms with van der Waals surface area (Å²) >= 11 is 0. The molecule has 9 heteroatoms. The molecule has 0 bridgehead atoms. The second-order valence-electron chi connectivity index (χ2n) is 7.02. The number of anilines is 2. The van der Waals surface area contributed by atoms with Gasteiger partial charge in [0.2, 0.25) is 0 Å². The first-order valence-corrected chi connectivity index (χ1v) is 10.6. The fraction of sp³-hybridized carbons (Fsp3) is 0.368. The van der Waals surface area contributed by atoms with Gasteiger partial charge in [-0.05, 0) is 38.8 Å². The van der Waals surface area contributed by atoms with Crippen LogP contribution in [-0.4, -0.2) is 19.6 Å². The van der Waals surface area contributed by atoms with Crippen molar-refractivity contribution in [1.29, 1.82) is 0 Å². The topological polar surface area (TPSA) is 114 Å². The van der Waals surface area contributed by atoms with Crippen molar-refractivity contribution in [2.45, 2.75) is 50.5 Å². The average Bonchev–Trinajstić information content (AvgIpc) is 3.27. The van der Waals surface area contributed by atoms with Crippen LogP contribution < -0.4 is 15.7 Å². The van der Waals surface area contributed by atoms with E-state index in [0.717, 1.165) is 25.7 Å². The summed E-state index contributed by atoms with van der Waals surface area (Å²) in [5.74, 6) is 0.153. The van der Waals surface area contributed by atoms with E-state index >= 15 is 0 Å². The van der Waals surface area contributed by atoms with Gasteiger partial charge < -0.3 is 14.3 Å². The number of aryl methyl sites for hydroxylation is 2. The van der Waals surface area contributed by atoms with Gasteiger partial charge in [-0.1, -0.05) is 30.1 Å². The van der Waals surface area contributed by atoms with Crippen molar-refractivity contribution >= 4 is 32.4 Å². The Morgan fingerprint density at radius 2 is 1.82 bits per heavy atom. The van der Waals surface area contributed by atoms with E-state index in [1.165, 1.54) is 13.8 Å². The number of nitrogens with zero attached hydrogens (tertiary/aromatic N) is 1. The molecular weight excluding hydrogens is 382 g/mol. The van der Waals surface area contributed by atoms with Gasteiger partial charge in [-0.3, -0.25) is 4.72 Å². The molecule has 3 aromatic rings. The molecule has 1 saturated carbocycles. The standard InChI is InChI=1S/C19H21N3O5S/c1-11-18(12(2)27-21-11)28(24,25)22-17-16(20-13-7-3-4-8-13)14-9-5-6-10-15(14)26-19(17)23/h5-6,9-10,13,20,22H,3-4,7-8H2,1-2H3. The van der Waals surface area contributed by atoms with Crippen LogP contribution in [0.4, 0.5) is 11.4 Å². The Morgan fingerprint density at radius 1 is 1.11 bits per heavy atom. The molecule has 2 aromatic heterocycles. The Balaban J connectivity index is 1.86. The number of hydrogen-bond donors (Lipinski definition) is 2. The van der Waals surface area contributed by atoms with Crippen LogP contribution in [0.5, 0.6) is 0 Å². The number of fused-ring (bicyclic) bond motifs is 1. The highest BCUT2D eigenvalue weighted by molar-refractivity contribution is 7.92. The Bertz CT molecular complexity index is 1170. The Kier molecular flexibility index (Phi) is 4.62. The van der Waals surface area contributed by atoms with Crippen LogP contribution in [-0.2, 0) is 10.0 Å². The largest absolute Gasteiger partial charge is 0.421 e. The lowest BCUT2D eigenvalue weighted by atomic mass is 10.1. The average molecular weight is 403 g/mol. The normalized spacial score (nSPS) is 15.2. The van der Waals surface area contributed by atoms with E-state index in [4.69, 9.17) is 8.94 Å². The van der Waals surface area contributed by atoms with Crippen molar-refractivity contribution in [2.24, 2.45) is 0 Å². The van der Waals surface area contributed by atoms with Crippen molar-refractivity contribution in [3.63, 3.8) is 0 Å². The second kappa shape index (κ2) is 6.97. The van der Waals surface area contributed by atoms with Gasteiger partial charge in [0.25, 0.3) is 10.0 Å². The van der Waals surface area contributed by atoms with Gasteiger partial charge in [-0.2, -0.15) is 0 Å². The van der Waals surface area contributed by atoms with E-state index in [9.17, 15) is 13.2 Å². The molecule has 1 aliphatic rings. The van der Waals surface area contributed by atoms with E-state index in [2.05, 4.69) is 15.2 Å². The summed E-state index contributed by atoms with van der Waals surface area (Å²) in [7, 11) is -4.08. The summed E-state index contributed by atoms with van der Waals surface area (Å²) in [6.07, 6.45) is 4.11. The van der Waals surface area contributed by atoms with Gasteiger partial charge in [0, 0.05) is 11.4 Å². The molecule has 0 aliphatic heterocycles. The lowest BCUT2D eigenvalue weighted by Gasteiger charge is -2.19. The predicted molar refractivity (Wildman–Crippen MR) is 105 cm³/mol. The third-order valence-corrected chi connectivity index (χ3v) is 6.58. The Hall–Kier alpha value is -2.81. The minimum Gasteiger partial charge on any atom is -0.421 e. The summed E-state index contributed by atoms with van der Waals surface area (Å²) in [6.45, 7) is 3.04. The first-order chi connectivity index (χ1) is 13.4. The molecule has 2 N–H and O–H groups in total. The highest BCUT2D eigenvalue weighted by atomic mass is 32.2. The highest BCUT2D eigenvalue weighted by Gasteiger charge is 2.28. The lowest BCUT2D eigenvalue weighted by molar-refractivity contribution is 0.390. The summed E-state index contributed by atoms with van der Waals surface area (Å²) in [5, 5.41) is 7.70. The lowest BCUT2D eigenvalue weighted by Crippen LogP contribution is -2.23. The molecule has 28 heavy (non-hydrogen) atoms. The molecule has 0 radical (unpaired) electrons. The molecule has 2 heterocycles. The first-order valence-electron chi connectivity index (χ1n) is 9.15. The number of rotatable bonds is 5. The van der Waals surface area contributed by atoms with Crippen molar-refractivity contribution < 1.29 is 17.4 Å². The van der Waals surface area contributed by atoms with Crippen LogP contribution >= 0.6 is 0 Å². The number of para-hydroxylation sites is 1. The van der Waals surface area contributed by atoms with Crippen LogP contribution in [0.2, 0.25) is 0 Å². The number of nitrogens with one attached hydrogen (secondary N) is 2. The van der Waals surface area contributed by atoms with Crippen LogP contribution in [0.3, 0.4) is 0 Å². The summed E-state index contributed by atoms with van der Waals surface area (Å²) in [5.41, 5.74) is 0.169. The minimum absolute atomic E-state index is 0.0770. The van der Waals surface area contributed by atoms with Crippen LogP contribution in [0.1, 0.15) is 37.1 Å². The number of sulfonamides is 1. The molecule has 1 aliphatic carbocycles. The van der Waals surface area contributed by atoms with Crippen molar-refractivity contribution in [2.75, 3.05) is 10.0 Å². The zero-order valence-electron chi connectivity index (χ0n) is 15.6. The van der Waals surface area contributed by atoms with E-state index in [1.54, 1.807) is 18.2 Å². The van der Waals surface area contributed by atoms with Gasteiger partial charge in [-0.25, -0.2) is 13.2 Å². The molecular formula is C19H21N3O5S. The summed E-state index contributed by atoms with van der Waals surface area (Å²) < 4.78 is 38.7. The van der Waals surface area contributed by atoms with E-state index in [1.807, 2.05) is 6.07 Å². The second-order valence-corrected chi connectivity index (χ2v) is 8.64. The van der Waals surface area contributed by atoms with Gasteiger partial charge in [0.1, 0.15) is 11.3 Å². The quantitative estimate of drug-likeness (QED) is 0.626. The molecule has 0 saturated heterocycles. The van der Waals surface area contributed by atoms with Gasteiger partial charge in [-0.15, -0.1) is 0 Å². The molecule has 1 aromatic carbocycles. The predicted octanol–water partition coefficient (Wildman–Crippen LogP) is 3.55. The monoisotopic (exact) mass is 403 g/mol. The maximum atomic E-state index is 13.0. The third-order valence-electron chi connectivity index (χ3n) is 4.99. The van der Waals surface area contributed by atoms with Crippen LogP contribution in [0.15, 0.2) is 42.9 Å². The van der Waals surface area contributed by atoms with E-state index in [-0.39, 0.29) is 28.1 Å². The number of benzene rings is 1. The molecule has 4 rings (SSSR count). The van der Waals surface area contributed by atoms with Gasteiger partial charge >= 0.3 is 5.63 Å². The third kappa shape index (κ3) is 3.26. The maximum absolute atomic E-state index is 13.0. The Morgan fingerprint density at radius 3 is 2.50 bits per heavy atom. The molecule has 0 spiro atoms. The number of aromatic nitrogens is 1.